The van der Waals surface area contributed by atoms with E-state index in [1.54, 1.807) is 18.0 Å². The van der Waals surface area contributed by atoms with Crippen LogP contribution in [0.5, 0.6) is 0 Å². The van der Waals surface area contributed by atoms with Crippen molar-refractivity contribution < 1.29 is 0 Å². The summed E-state index contributed by atoms with van der Waals surface area (Å²) in [5.41, 5.74) is 5.39. The second kappa shape index (κ2) is 5.77. The lowest BCUT2D eigenvalue weighted by Gasteiger charge is -2.02. The van der Waals surface area contributed by atoms with Crippen molar-refractivity contribution in [1.29, 1.82) is 0 Å². The molecule has 3 N–H and O–H groups in total. The molecule has 0 spiro atoms. The topological polar surface area (TPSA) is 63.8 Å². The van der Waals surface area contributed by atoms with E-state index in [4.69, 9.17) is 5.73 Å². The molecule has 0 aliphatic rings. The van der Waals surface area contributed by atoms with Crippen molar-refractivity contribution in [3.8, 4) is 0 Å². The SMILES string of the molecule is CCNc1nccc(SCCN)n1. The van der Waals surface area contributed by atoms with Gasteiger partial charge in [0.25, 0.3) is 0 Å². The lowest BCUT2D eigenvalue weighted by atomic mass is 10.6. The number of anilines is 1. The maximum Gasteiger partial charge on any atom is 0.223 e. The Morgan fingerprint density at radius 3 is 3.15 bits per heavy atom. The van der Waals surface area contributed by atoms with Gasteiger partial charge in [-0.25, -0.2) is 9.97 Å². The number of nitrogens with one attached hydrogen (secondary N) is 1. The normalized spacial score (nSPS) is 10.0. The third-order valence-electron chi connectivity index (χ3n) is 1.33. The van der Waals surface area contributed by atoms with Crippen LogP contribution >= 0.6 is 11.8 Å². The van der Waals surface area contributed by atoms with Crippen LogP contribution in [0, 0.1) is 0 Å². The Balaban J connectivity index is 2.56. The van der Waals surface area contributed by atoms with Gasteiger partial charge >= 0.3 is 0 Å². The highest BCUT2D eigenvalue weighted by Gasteiger charge is 1.97. The first-order valence-corrected chi connectivity index (χ1v) is 5.25. The van der Waals surface area contributed by atoms with Crippen molar-refractivity contribution in [3.05, 3.63) is 12.3 Å². The molecule has 0 saturated carbocycles. The number of rotatable bonds is 5. The third-order valence-corrected chi connectivity index (χ3v) is 2.30. The van der Waals surface area contributed by atoms with E-state index < -0.39 is 0 Å². The van der Waals surface area contributed by atoms with Crippen LogP contribution in [-0.2, 0) is 0 Å². The smallest absolute Gasteiger partial charge is 0.223 e. The second-order valence-corrected chi connectivity index (χ2v) is 3.50. The summed E-state index contributed by atoms with van der Waals surface area (Å²) in [4.78, 5) is 8.36. The fourth-order valence-corrected chi connectivity index (χ4v) is 1.46. The van der Waals surface area contributed by atoms with Gasteiger partial charge in [-0.05, 0) is 13.0 Å². The summed E-state index contributed by atoms with van der Waals surface area (Å²) in [6.07, 6.45) is 1.75. The number of hydrogen-bond donors (Lipinski definition) is 2. The van der Waals surface area contributed by atoms with Gasteiger partial charge in [0.05, 0.1) is 0 Å². The number of aromatic nitrogens is 2. The molecule has 0 radical (unpaired) electrons. The molecule has 0 amide bonds. The van der Waals surface area contributed by atoms with E-state index in [1.807, 2.05) is 13.0 Å². The zero-order chi connectivity index (χ0) is 9.52. The molecule has 0 atom stereocenters. The van der Waals surface area contributed by atoms with Gasteiger partial charge in [-0.15, -0.1) is 11.8 Å². The van der Waals surface area contributed by atoms with Crippen molar-refractivity contribution in [1.82, 2.24) is 9.97 Å². The molecule has 1 aromatic rings. The molecule has 13 heavy (non-hydrogen) atoms. The first-order chi connectivity index (χ1) is 6.36. The Hall–Kier alpha value is -0.810. The maximum atomic E-state index is 5.39. The molecule has 0 aliphatic carbocycles. The standard InChI is InChI=1S/C8H14N4S/c1-2-10-8-11-5-3-7(12-8)13-6-4-9/h3,5H,2,4,6,9H2,1H3,(H,10,11,12). The minimum absolute atomic E-state index is 0.672. The quantitative estimate of drug-likeness (QED) is 0.545. The van der Waals surface area contributed by atoms with Gasteiger partial charge in [-0.1, -0.05) is 0 Å². The number of thioether (sulfide) groups is 1. The molecule has 4 nitrogen and oxygen atoms in total. The molecule has 0 saturated heterocycles. The van der Waals surface area contributed by atoms with E-state index in [-0.39, 0.29) is 0 Å². The van der Waals surface area contributed by atoms with Gasteiger partial charge in [0.1, 0.15) is 5.03 Å². The van der Waals surface area contributed by atoms with Crippen LogP contribution in [-0.4, -0.2) is 28.8 Å². The Morgan fingerprint density at radius 2 is 2.46 bits per heavy atom. The predicted octanol–water partition coefficient (Wildman–Crippen LogP) is 0.959. The molecular formula is C8H14N4S. The van der Waals surface area contributed by atoms with Crippen LogP contribution in [0.2, 0.25) is 0 Å². The molecule has 5 heteroatoms. The molecule has 1 rings (SSSR count). The van der Waals surface area contributed by atoms with Gasteiger partial charge in [-0.2, -0.15) is 0 Å². The molecule has 0 fully saturated rings. The van der Waals surface area contributed by atoms with Gasteiger partial charge in [-0.3, -0.25) is 0 Å². The Morgan fingerprint density at radius 1 is 1.62 bits per heavy atom. The average Bonchev–Trinajstić information content (AvgIpc) is 2.16. The zero-order valence-electron chi connectivity index (χ0n) is 7.66. The van der Waals surface area contributed by atoms with E-state index in [1.165, 1.54) is 0 Å². The summed E-state index contributed by atoms with van der Waals surface area (Å²) in [7, 11) is 0. The Labute approximate surface area is 82.3 Å². The summed E-state index contributed by atoms with van der Waals surface area (Å²) >= 11 is 1.64. The highest BCUT2D eigenvalue weighted by atomic mass is 32.2. The van der Waals surface area contributed by atoms with Crippen molar-refractivity contribution in [2.75, 3.05) is 24.2 Å². The van der Waals surface area contributed by atoms with Crippen molar-refractivity contribution in [2.45, 2.75) is 11.9 Å². The van der Waals surface area contributed by atoms with E-state index in [9.17, 15) is 0 Å². The van der Waals surface area contributed by atoms with Crippen molar-refractivity contribution in [2.24, 2.45) is 5.73 Å². The number of hydrogen-bond acceptors (Lipinski definition) is 5. The van der Waals surface area contributed by atoms with Crippen LogP contribution in [0.1, 0.15) is 6.92 Å². The fourth-order valence-electron chi connectivity index (χ4n) is 0.829. The van der Waals surface area contributed by atoms with Crippen LogP contribution in [0.3, 0.4) is 0 Å². The average molecular weight is 198 g/mol. The van der Waals surface area contributed by atoms with Gasteiger partial charge in [0.15, 0.2) is 0 Å². The van der Waals surface area contributed by atoms with Crippen LogP contribution in [0.4, 0.5) is 5.95 Å². The van der Waals surface area contributed by atoms with E-state index in [2.05, 4.69) is 15.3 Å². The first kappa shape index (κ1) is 10.3. The highest BCUT2D eigenvalue weighted by molar-refractivity contribution is 7.99. The first-order valence-electron chi connectivity index (χ1n) is 4.26. The Bertz CT molecular complexity index is 254. The lowest BCUT2D eigenvalue weighted by molar-refractivity contribution is 1.01. The summed E-state index contributed by atoms with van der Waals surface area (Å²) < 4.78 is 0. The molecule has 0 aliphatic heterocycles. The van der Waals surface area contributed by atoms with Crippen LogP contribution < -0.4 is 11.1 Å². The predicted molar refractivity (Wildman–Crippen MR) is 56.0 cm³/mol. The molecule has 1 aromatic heterocycles. The van der Waals surface area contributed by atoms with Gasteiger partial charge < -0.3 is 11.1 Å². The largest absolute Gasteiger partial charge is 0.354 e. The fraction of sp³-hybridized carbons (Fsp3) is 0.500. The lowest BCUT2D eigenvalue weighted by Crippen LogP contribution is -2.04. The maximum absolute atomic E-state index is 5.39. The molecule has 1 heterocycles. The summed E-state index contributed by atoms with van der Waals surface area (Å²) in [6.45, 7) is 3.53. The van der Waals surface area contributed by atoms with E-state index >= 15 is 0 Å². The molecule has 0 unspecified atom stereocenters. The molecule has 0 aromatic carbocycles. The van der Waals surface area contributed by atoms with Crippen LogP contribution in [0.25, 0.3) is 0 Å². The van der Waals surface area contributed by atoms with E-state index in [0.29, 0.717) is 12.5 Å². The second-order valence-electron chi connectivity index (χ2n) is 2.39. The molecular weight excluding hydrogens is 184 g/mol. The van der Waals surface area contributed by atoms with Crippen molar-refractivity contribution in [3.63, 3.8) is 0 Å². The summed E-state index contributed by atoms with van der Waals surface area (Å²) in [5.74, 6) is 1.58. The summed E-state index contributed by atoms with van der Waals surface area (Å²) in [5, 5.41) is 4.03. The zero-order valence-corrected chi connectivity index (χ0v) is 8.47. The summed E-state index contributed by atoms with van der Waals surface area (Å²) in [6, 6.07) is 1.89. The molecule has 0 bridgehead atoms. The minimum Gasteiger partial charge on any atom is -0.354 e. The van der Waals surface area contributed by atoms with E-state index in [0.717, 1.165) is 17.3 Å². The number of nitrogens with zero attached hydrogens (tertiary/aromatic N) is 2. The van der Waals surface area contributed by atoms with Gasteiger partial charge in [0.2, 0.25) is 5.95 Å². The third kappa shape index (κ3) is 3.61. The monoisotopic (exact) mass is 198 g/mol. The highest BCUT2D eigenvalue weighted by Crippen LogP contribution is 2.14. The number of nitrogens with two attached hydrogens (primary N) is 1. The van der Waals surface area contributed by atoms with Crippen molar-refractivity contribution >= 4 is 17.7 Å². The minimum atomic E-state index is 0.672. The Kier molecular flexibility index (Phi) is 4.56. The van der Waals surface area contributed by atoms with Gasteiger partial charge in [0, 0.05) is 25.0 Å². The van der Waals surface area contributed by atoms with Crippen LogP contribution in [0.15, 0.2) is 17.3 Å². The molecule has 72 valence electrons.